The zero-order valence-electron chi connectivity index (χ0n) is 15.8. The Morgan fingerprint density at radius 2 is 1.79 bits per heavy atom. The molecule has 0 bridgehead atoms. The number of benzene rings is 2. The topological polar surface area (TPSA) is 84.5 Å². The van der Waals surface area contributed by atoms with Gasteiger partial charge in [0.05, 0.1) is 13.2 Å². The van der Waals surface area contributed by atoms with E-state index in [0.29, 0.717) is 11.4 Å². The number of fused-ring (bicyclic) bond motifs is 1. The largest absolute Gasteiger partial charge is 0.497 e. The van der Waals surface area contributed by atoms with Gasteiger partial charge in [0.1, 0.15) is 17.3 Å². The fourth-order valence-electron chi connectivity index (χ4n) is 3.35. The van der Waals surface area contributed by atoms with Crippen LogP contribution in [0, 0.1) is 0 Å². The summed E-state index contributed by atoms with van der Waals surface area (Å²) in [5, 5.41) is 5.64. The summed E-state index contributed by atoms with van der Waals surface area (Å²) in [7, 11) is -0.00757. The second-order valence-corrected chi connectivity index (χ2v) is 8.17. The quantitative estimate of drug-likeness (QED) is 0.748. The lowest BCUT2D eigenvalue weighted by Crippen LogP contribution is -2.35. The Labute approximate surface area is 167 Å². The molecule has 0 unspecified atom stereocenters. The molecule has 1 aliphatic carbocycles. The first kappa shape index (κ1) is 20.1. The average Bonchev–Trinajstić information content (AvgIpc) is 2.68. The fourth-order valence-corrected chi connectivity index (χ4v) is 4.20. The molecule has 6 nitrogen and oxygen atoms in total. The summed E-state index contributed by atoms with van der Waals surface area (Å²) >= 11 is 0. The van der Waals surface area contributed by atoms with Crippen LogP contribution in [0.4, 0.5) is 5.69 Å². The first-order valence-corrected chi connectivity index (χ1v) is 10.7. The molecule has 7 heteroatoms. The molecule has 2 N–H and O–H groups in total. The first-order valence-electron chi connectivity index (χ1n) is 9.21. The van der Waals surface area contributed by atoms with Gasteiger partial charge in [-0.15, -0.1) is 0 Å². The molecule has 0 fully saturated rings. The number of amides is 2. The van der Waals surface area contributed by atoms with Crippen molar-refractivity contribution >= 4 is 28.3 Å². The van der Waals surface area contributed by atoms with Crippen molar-refractivity contribution in [2.24, 2.45) is 0 Å². The second-order valence-electron chi connectivity index (χ2n) is 6.72. The third-order valence-corrected chi connectivity index (χ3v) is 5.83. The van der Waals surface area contributed by atoms with Crippen molar-refractivity contribution in [2.75, 3.05) is 23.9 Å². The minimum Gasteiger partial charge on any atom is -0.497 e. The van der Waals surface area contributed by atoms with Gasteiger partial charge in [-0.3, -0.25) is 13.8 Å². The molecule has 2 aromatic carbocycles. The molecule has 0 saturated carbocycles. The minimum atomic E-state index is -1.57. The molecule has 0 saturated heterocycles. The molecule has 2 atom stereocenters. The Kier molecular flexibility index (Phi) is 6.81. The summed E-state index contributed by atoms with van der Waals surface area (Å²) < 4.78 is 17.3. The number of rotatable bonds is 7. The molecule has 0 spiro atoms. The van der Waals surface area contributed by atoms with E-state index in [1.807, 2.05) is 18.2 Å². The number of ether oxygens (including phenoxy) is 1. The van der Waals surface area contributed by atoms with E-state index in [1.165, 1.54) is 5.56 Å². The molecule has 148 valence electrons. The number of carbonyl (C=O) groups is 2. The summed E-state index contributed by atoms with van der Waals surface area (Å²) in [5.74, 6) is -0.408. The lowest BCUT2D eigenvalue weighted by Gasteiger charge is -2.26. The zero-order chi connectivity index (χ0) is 19.9. The van der Waals surface area contributed by atoms with E-state index in [0.717, 1.165) is 24.8 Å². The fraction of sp³-hybridized carbons (Fsp3) is 0.333. The smallest absolute Gasteiger partial charge is 0.237 e. The number of aryl methyl sites for hydroxylation is 1. The van der Waals surface area contributed by atoms with Gasteiger partial charge in [-0.25, -0.2) is 0 Å². The van der Waals surface area contributed by atoms with Crippen LogP contribution in [0.2, 0.25) is 0 Å². The van der Waals surface area contributed by atoms with E-state index < -0.39 is 10.8 Å². The van der Waals surface area contributed by atoms with Crippen molar-refractivity contribution < 1.29 is 18.5 Å². The van der Waals surface area contributed by atoms with Gasteiger partial charge in [0.25, 0.3) is 0 Å². The van der Waals surface area contributed by atoms with Crippen molar-refractivity contribution in [1.29, 1.82) is 0 Å². The van der Waals surface area contributed by atoms with Crippen LogP contribution < -0.4 is 15.4 Å². The van der Waals surface area contributed by atoms with Crippen molar-refractivity contribution in [2.45, 2.75) is 25.3 Å². The lowest BCUT2D eigenvalue weighted by molar-refractivity contribution is -0.119. The maximum atomic E-state index is 12.3. The summed E-state index contributed by atoms with van der Waals surface area (Å²) in [6.45, 7) is 0. The number of hydrogen-bond acceptors (Lipinski definition) is 4. The Balaban J connectivity index is 1.48. The first-order chi connectivity index (χ1) is 13.5. The number of hydrogen-bond donors (Lipinski definition) is 2. The van der Waals surface area contributed by atoms with Crippen LogP contribution in [0.15, 0.2) is 48.5 Å². The maximum absolute atomic E-state index is 12.3. The molecule has 2 amide bonds. The molecular weight excluding hydrogens is 376 g/mol. The van der Waals surface area contributed by atoms with E-state index in [9.17, 15) is 13.8 Å². The van der Waals surface area contributed by atoms with Gasteiger partial charge in [0, 0.05) is 16.5 Å². The molecule has 28 heavy (non-hydrogen) atoms. The van der Waals surface area contributed by atoms with Gasteiger partial charge in [-0.05, 0) is 54.7 Å². The molecule has 1 aliphatic rings. The molecule has 3 rings (SSSR count). The van der Waals surface area contributed by atoms with Gasteiger partial charge in [0.15, 0.2) is 0 Å². The highest BCUT2D eigenvalue weighted by Crippen LogP contribution is 2.29. The Hall–Kier alpha value is -2.67. The van der Waals surface area contributed by atoms with Crippen molar-refractivity contribution in [3.63, 3.8) is 0 Å². The number of carbonyl (C=O) groups excluding carboxylic acids is 2. The highest BCUT2D eigenvalue weighted by molar-refractivity contribution is 7.86. The Bertz CT molecular complexity index is 867. The van der Waals surface area contributed by atoms with Crippen LogP contribution in [0.5, 0.6) is 5.75 Å². The van der Waals surface area contributed by atoms with E-state index in [-0.39, 0.29) is 29.4 Å². The summed E-state index contributed by atoms with van der Waals surface area (Å²) in [6.07, 6.45) is 2.89. The highest BCUT2D eigenvalue weighted by Gasteiger charge is 2.22. The van der Waals surface area contributed by atoms with Crippen LogP contribution >= 0.6 is 0 Å². The van der Waals surface area contributed by atoms with Crippen LogP contribution in [0.3, 0.4) is 0 Å². The predicted octanol–water partition coefficient (Wildman–Crippen LogP) is 2.58. The minimum absolute atomic E-state index is 0.0532. The summed E-state index contributed by atoms with van der Waals surface area (Å²) in [6, 6.07) is 14.9. The van der Waals surface area contributed by atoms with Crippen LogP contribution in [0.25, 0.3) is 0 Å². The normalized spacial score (nSPS) is 16.5. The Morgan fingerprint density at radius 1 is 1.07 bits per heavy atom. The maximum Gasteiger partial charge on any atom is 0.237 e. The van der Waals surface area contributed by atoms with E-state index in [4.69, 9.17) is 4.74 Å². The lowest BCUT2D eigenvalue weighted by atomic mass is 9.88. The van der Waals surface area contributed by atoms with E-state index >= 15 is 0 Å². The van der Waals surface area contributed by atoms with E-state index in [1.54, 1.807) is 31.4 Å². The van der Waals surface area contributed by atoms with Gasteiger partial charge in [-0.2, -0.15) is 0 Å². The van der Waals surface area contributed by atoms with Crippen molar-refractivity contribution in [3.8, 4) is 5.75 Å². The number of methoxy groups -OCH3 is 1. The Morgan fingerprint density at radius 3 is 2.54 bits per heavy atom. The third-order valence-electron chi connectivity index (χ3n) is 4.66. The average molecular weight is 401 g/mol. The van der Waals surface area contributed by atoms with Gasteiger partial charge in [0.2, 0.25) is 11.8 Å². The molecular formula is C21H24N2O4S. The molecule has 2 aromatic rings. The highest BCUT2D eigenvalue weighted by atomic mass is 32.2. The van der Waals surface area contributed by atoms with Crippen LogP contribution in [0.1, 0.15) is 30.0 Å². The monoisotopic (exact) mass is 400 g/mol. The summed E-state index contributed by atoms with van der Waals surface area (Å²) in [4.78, 5) is 24.3. The van der Waals surface area contributed by atoms with Crippen molar-refractivity contribution in [1.82, 2.24) is 5.32 Å². The van der Waals surface area contributed by atoms with Gasteiger partial charge < -0.3 is 15.4 Å². The third kappa shape index (κ3) is 5.42. The molecule has 0 heterocycles. The SMILES string of the molecule is COc1ccc(NC(=O)C[S@@](=O)CC(=O)N[C@H]2CCCc3ccccc32)cc1. The second kappa shape index (κ2) is 9.50. The van der Waals surface area contributed by atoms with Crippen LogP contribution in [-0.2, 0) is 26.8 Å². The van der Waals surface area contributed by atoms with Crippen molar-refractivity contribution in [3.05, 3.63) is 59.7 Å². The van der Waals surface area contributed by atoms with E-state index in [2.05, 4.69) is 16.7 Å². The molecule has 0 aliphatic heterocycles. The standard InChI is InChI=1S/C21H24N2O4S/c1-27-17-11-9-16(10-12-17)22-20(24)13-28(26)14-21(25)23-19-8-4-6-15-5-2-3-7-18(15)19/h2-3,5,7,9-12,19H,4,6,8,13-14H2,1H3,(H,22,24)(H,23,25)/t19-,28+/m0/s1. The zero-order valence-corrected chi connectivity index (χ0v) is 16.6. The number of nitrogens with one attached hydrogen (secondary N) is 2. The molecule has 0 aromatic heterocycles. The van der Waals surface area contributed by atoms with Gasteiger partial charge >= 0.3 is 0 Å². The summed E-state index contributed by atoms with van der Waals surface area (Å²) in [5.41, 5.74) is 2.97. The molecule has 0 radical (unpaired) electrons. The predicted molar refractivity (Wildman–Crippen MR) is 110 cm³/mol. The van der Waals surface area contributed by atoms with Crippen LogP contribution in [-0.4, -0.2) is 34.6 Å². The van der Waals surface area contributed by atoms with Gasteiger partial charge in [-0.1, -0.05) is 24.3 Å². The number of anilines is 1.